The minimum Gasteiger partial charge on any atom is -0.494 e. The van der Waals surface area contributed by atoms with Crippen LogP contribution >= 0.6 is 0 Å². The quantitative estimate of drug-likeness (QED) is 0.434. The Hall–Kier alpha value is -3.67. The van der Waals surface area contributed by atoms with Crippen LogP contribution < -0.4 is 18.9 Å². The van der Waals surface area contributed by atoms with Gasteiger partial charge in [0.25, 0.3) is 0 Å². The second-order valence-corrected chi connectivity index (χ2v) is 8.78. The highest BCUT2D eigenvalue weighted by molar-refractivity contribution is 6.02. The molecule has 0 unspecified atom stereocenters. The van der Waals surface area contributed by atoms with E-state index in [1.165, 1.54) is 0 Å². The van der Waals surface area contributed by atoms with E-state index >= 15 is 0 Å². The minimum atomic E-state index is -0.306. The van der Waals surface area contributed by atoms with Gasteiger partial charge in [0.1, 0.15) is 24.7 Å². The van der Waals surface area contributed by atoms with Crippen LogP contribution in [0.1, 0.15) is 55.1 Å². The molecule has 2 atom stereocenters. The Morgan fingerprint density at radius 1 is 0.941 bits per heavy atom. The first-order valence-electron chi connectivity index (χ1n) is 12.0. The summed E-state index contributed by atoms with van der Waals surface area (Å²) in [6.07, 6.45) is 2.67. The summed E-state index contributed by atoms with van der Waals surface area (Å²) in [6, 6.07) is 22.6. The summed E-state index contributed by atoms with van der Waals surface area (Å²) in [5, 5.41) is 7.17. The molecule has 0 saturated heterocycles. The molecule has 0 radical (unpaired) electrons. The molecular weight excluding hydrogens is 428 g/mol. The fraction of sp³-hybridized carbons (Fsp3) is 0.321. The molecule has 6 nitrogen and oxygen atoms in total. The lowest BCUT2D eigenvalue weighted by Gasteiger charge is -2.38. The fourth-order valence-electron chi connectivity index (χ4n) is 4.71. The smallest absolute Gasteiger partial charge is 0.213 e. The third kappa shape index (κ3) is 3.83. The molecule has 34 heavy (non-hydrogen) atoms. The molecule has 0 spiro atoms. The molecule has 3 aromatic rings. The van der Waals surface area contributed by atoms with E-state index in [2.05, 4.69) is 42.3 Å². The van der Waals surface area contributed by atoms with Crippen molar-refractivity contribution in [2.75, 3.05) is 19.8 Å². The van der Waals surface area contributed by atoms with Gasteiger partial charge in [0.05, 0.1) is 18.4 Å². The molecule has 174 valence electrons. The molecule has 3 aliphatic rings. The van der Waals surface area contributed by atoms with Crippen LogP contribution in [0, 0.1) is 0 Å². The lowest BCUT2D eigenvalue weighted by atomic mass is 9.95. The first kappa shape index (κ1) is 20.9. The first-order valence-corrected chi connectivity index (χ1v) is 12.0. The number of unbranched alkanes of at least 4 members (excludes halogenated alkanes) is 1. The average Bonchev–Trinajstić information content (AvgIpc) is 3.34. The predicted octanol–water partition coefficient (Wildman–Crippen LogP) is 5.88. The summed E-state index contributed by atoms with van der Waals surface area (Å²) in [5.74, 6) is 3.37. The second-order valence-electron chi connectivity index (χ2n) is 8.78. The topological polar surface area (TPSA) is 52.5 Å². The molecule has 0 aromatic heterocycles. The maximum absolute atomic E-state index is 6.48. The number of rotatable bonds is 6. The average molecular weight is 457 g/mol. The van der Waals surface area contributed by atoms with Gasteiger partial charge < -0.3 is 18.9 Å². The van der Waals surface area contributed by atoms with Gasteiger partial charge in [0, 0.05) is 23.1 Å². The summed E-state index contributed by atoms with van der Waals surface area (Å²) in [4.78, 5) is 0. The Morgan fingerprint density at radius 2 is 1.76 bits per heavy atom. The van der Waals surface area contributed by atoms with Crippen LogP contribution in [-0.2, 0) is 0 Å². The Bertz CT molecular complexity index is 1210. The number of ether oxygens (including phenoxy) is 4. The zero-order valence-corrected chi connectivity index (χ0v) is 19.3. The van der Waals surface area contributed by atoms with Gasteiger partial charge in [-0.1, -0.05) is 31.5 Å². The van der Waals surface area contributed by atoms with Crippen LogP contribution in [-0.4, -0.2) is 30.5 Å². The van der Waals surface area contributed by atoms with E-state index in [-0.39, 0.29) is 12.3 Å². The monoisotopic (exact) mass is 456 g/mol. The molecule has 6 rings (SSSR count). The van der Waals surface area contributed by atoms with Crippen molar-refractivity contribution in [3.8, 4) is 23.0 Å². The molecular formula is C28H28N2O4. The summed E-state index contributed by atoms with van der Waals surface area (Å²) in [7, 11) is 0. The molecule has 0 bridgehead atoms. The van der Waals surface area contributed by atoms with E-state index < -0.39 is 0 Å². The van der Waals surface area contributed by atoms with Gasteiger partial charge in [0.15, 0.2) is 11.5 Å². The largest absolute Gasteiger partial charge is 0.494 e. The number of benzene rings is 3. The van der Waals surface area contributed by atoms with Crippen molar-refractivity contribution in [2.24, 2.45) is 5.10 Å². The number of hydrogen-bond acceptors (Lipinski definition) is 6. The standard InChI is InChI=1S/C28H28N2O4/c1-2-3-14-31-21-11-8-19(9-12-21)28-30-24(22-6-4-5-7-25(22)34-28)18-23(29-30)20-10-13-26-27(17-20)33-16-15-32-26/h4-13,17,24,28H,2-3,14-16,18H2,1H3/t24-,28-/m0/s1. The Labute approximate surface area is 199 Å². The fourth-order valence-corrected chi connectivity index (χ4v) is 4.71. The maximum atomic E-state index is 6.48. The van der Waals surface area contributed by atoms with E-state index in [1.54, 1.807) is 0 Å². The highest BCUT2D eigenvalue weighted by Gasteiger charge is 2.41. The Balaban J connectivity index is 1.32. The van der Waals surface area contributed by atoms with Crippen LogP contribution in [0.25, 0.3) is 0 Å². The van der Waals surface area contributed by atoms with Gasteiger partial charge in [-0.25, -0.2) is 5.01 Å². The zero-order valence-electron chi connectivity index (χ0n) is 19.3. The number of fused-ring (bicyclic) bond motifs is 4. The third-order valence-corrected chi connectivity index (χ3v) is 6.51. The van der Waals surface area contributed by atoms with Crippen molar-refractivity contribution in [3.05, 3.63) is 83.4 Å². The SMILES string of the molecule is CCCCOc1ccc([C@@H]2Oc3ccccc3[C@@H]3CC(c4ccc5c(c4)OCCO5)=NN32)cc1. The normalized spacial score (nSPS) is 20.1. The summed E-state index contributed by atoms with van der Waals surface area (Å²) < 4.78 is 23.8. The van der Waals surface area contributed by atoms with Gasteiger partial charge in [0.2, 0.25) is 6.23 Å². The van der Waals surface area contributed by atoms with Crippen LogP contribution in [0.2, 0.25) is 0 Å². The van der Waals surface area contributed by atoms with Crippen molar-refractivity contribution in [3.63, 3.8) is 0 Å². The van der Waals surface area contributed by atoms with E-state index in [0.717, 1.165) is 71.3 Å². The summed E-state index contributed by atoms with van der Waals surface area (Å²) >= 11 is 0. The van der Waals surface area contributed by atoms with Crippen LogP contribution in [0.4, 0.5) is 0 Å². The van der Waals surface area contributed by atoms with Crippen molar-refractivity contribution >= 4 is 5.71 Å². The lowest BCUT2D eigenvalue weighted by molar-refractivity contribution is -0.0190. The summed E-state index contributed by atoms with van der Waals surface area (Å²) in [6.45, 7) is 4.05. The van der Waals surface area contributed by atoms with Gasteiger partial charge in [-0.15, -0.1) is 0 Å². The molecule has 0 fully saturated rings. The van der Waals surface area contributed by atoms with E-state index in [0.29, 0.717) is 13.2 Å². The van der Waals surface area contributed by atoms with E-state index in [9.17, 15) is 0 Å². The predicted molar refractivity (Wildman–Crippen MR) is 130 cm³/mol. The van der Waals surface area contributed by atoms with Gasteiger partial charge in [-0.3, -0.25) is 0 Å². The van der Waals surface area contributed by atoms with E-state index in [1.807, 2.05) is 36.4 Å². The van der Waals surface area contributed by atoms with Crippen molar-refractivity contribution in [2.45, 2.75) is 38.5 Å². The molecule has 0 saturated carbocycles. The van der Waals surface area contributed by atoms with E-state index in [4.69, 9.17) is 24.0 Å². The number of hydrogen-bond donors (Lipinski definition) is 0. The molecule has 6 heteroatoms. The van der Waals surface area contributed by atoms with Crippen LogP contribution in [0.5, 0.6) is 23.0 Å². The first-order chi connectivity index (χ1) is 16.8. The second kappa shape index (κ2) is 8.93. The highest BCUT2D eigenvalue weighted by Crippen LogP contribution is 2.48. The van der Waals surface area contributed by atoms with Crippen LogP contribution in [0.15, 0.2) is 71.8 Å². The zero-order chi connectivity index (χ0) is 22.9. The van der Waals surface area contributed by atoms with Gasteiger partial charge in [-0.2, -0.15) is 5.10 Å². The summed E-state index contributed by atoms with van der Waals surface area (Å²) in [5.41, 5.74) is 4.28. The van der Waals surface area contributed by atoms with Crippen LogP contribution in [0.3, 0.4) is 0 Å². The molecule has 3 heterocycles. The lowest BCUT2D eigenvalue weighted by Crippen LogP contribution is -2.33. The van der Waals surface area contributed by atoms with Crippen molar-refractivity contribution in [1.29, 1.82) is 0 Å². The Kier molecular flexibility index (Phi) is 5.49. The minimum absolute atomic E-state index is 0.110. The number of nitrogens with zero attached hydrogens (tertiary/aromatic N) is 2. The number of hydrazone groups is 1. The molecule has 3 aromatic carbocycles. The molecule has 3 aliphatic heterocycles. The third-order valence-electron chi connectivity index (χ3n) is 6.51. The molecule has 0 aliphatic carbocycles. The highest BCUT2D eigenvalue weighted by atomic mass is 16.6. The van der Waals surface area contributed by atoms with Gasteiger partial charge >= 0.3 is 0 Å². The number of para-hydroxylation sites is 1. The molecule has 0 N–H and O–H groups in total. The molecule has 0 amide bonds. The maximum Gasteiger partial charge on any atom is 0.213 e. The van der Waals surface area contributed by atoms with Crippen molar-refractivity contribution in [1.82, 2.24) is 5.01 Å². The Morgan fingerprint density at radius 3 is 2.62 bits per heavy atom. The van der Waals surface area contributed by atoms with Gasteiger partial charge in [-0.05, 0) is 55.0 Å². The van der Waals surface area contributed by atoms with Crippen molar-refractivity contribution < 1.29 is 18.9 Å².